The highest BCUT2D eigenvalue weighted by molar-refractivity contribution is 6.30. The largest absolute Gasteiger partial charge is 0.351 e. The van der Waals surface area contributed by atoms with E-state index in [0.29, 0.717) is 18.0 Å². The van der Waals surface area contributed by atoms with Crippen LogP contribution in [-0.2, 0) is 9.59 Å². The van der Waals surface area contributed by atoms with Crippen molar-refractivity contribution in [2.45, 2.75) is 26.3 Å². The molecule has 2 amide bonds. The minimum atomic E-state index is -0.113. The number of carbonyl (C=O) groups excluding carboxylic acids is 2. The van der Waals surface area contributed by atoms with E-state index in [2.05, 4.69) is 5.32 Å². The quantitative estimate of drug-likeness (QED) is 0.923. The molecule has 0 bridgehead atoms. The van der Waals surface area contributed by atoms with Gasteiger partial charge in [-0.25, -0.2) is 0 Å². The topological polar surface area (TPSA) is 49.4 Å². The molecule has 0 aromatic heterocycles. The highest BCUT2D eigenvalue weighted by atomic mass is 35.5. The number of amides is 2. The van der Waals surface area contributed by atoms with Crippen LogP contribution in [0.2, 0.25) is 5.02 Å². The van der Waals surface area contributed by atoms with Crippen molar-refractivity contribution in [3.8, 4) is 0 Å². The van der Waals surface area contributed by atoms with Gasteiger partial charge in [-0.1, -0.05) is 25.4 Å². The number of hydrogen-bond acceptors (Lipinski definition) is 2. The van der Waals surface area contributed by atoms with E-state index in [1.165, 1.54) is 0 Å². The Hall–Kier alpha value is -1.55. The molecular formula is C14H17ClN2O2. The zero-order valence-electron chi connectivity index (χ0n) is 11.0. The van der Waals surface area contributed by atoms with Crippen molar-refractivity contribution < 1.29 is 9.59 Å². The molecule has 102 valence electrons. The van der Waals surface area contributed by atoms with Gasteiger partial charge in [0.15, 0.2) is 0 Å². The Morgan fingerprint density at radius 2 is 2.00 bits per heavy atom. The molecule has 0 saturated carbocycles. The molecule has 0 unspecified atom stereocenters. The minimum absolute atomic E-state index is 0.0178. The number of benzene rings is 1. The molecule has 1 aliphatic heterocycles. The van der Waals surface area contributed by atoms with Crippen LogP contribution in [0.15, 0.2) is 24.3 Å². The molecule has 1 aliphatic rings. The standard InChI is InChI=1S/C14H17ClN2O2/c1-9(2)14(19)16-11-7-13(18)17(8-11)12-5-3-10(15)4-6-12/h3-6,9,11H,7-8H2,1-2H3,(H,16,19)/t11-/m0/s1. The summed E-state index contributed by atoms with van der Waals surface area (Å²) >= 11 is 5.83. The maximum atomic E-state index is 12.0. The average molecular weight is 281 g/mol. The summed E-state index contributed by atoms with van der Waals surface area (Å²) in [4.78, 5) is 25.3. The summed E-state index contributed by atoms with van der Waals surface area (Å²) in [7, 11) is 0. The van der Waals surface area contributed by atoms with E-state index in [1.807, 2.05) is 26.0 Å². The van der Waals surface area contributed by atoms with Gasteiger partial charge in [0, 0.05) is 29.6 Å². The average Bonchev–Trinajstić information content (AvgIpc) is 2.71. The molecule has 1 heterocycles. The normalized spacial score (nSPS) is 19.1. The predicted molar refractivity (Wildman–Crippen MR) is 75.2 cm³/mol. The number of anilines is 1. The Morgan fingerprint density at radius 1 is 1.37 bits per heavy atom. The first-order valence-corrected chi connectivity index (χ1v) is 6.71. The second-order valence-electron chi connectivity index (χ2n) is 5.05. The summed E-state index contributed by atoms with van der Waals surface area (Å²) in [6.45, 7) is 4.19. The van der Waals surface area contributed by atoms with Crippen LogP contribution in [0, 0.1) is 5.92 Å². The van der Waals surface area contributed by atoms with Gasteiger partial charge in [-0.05, 0) is 24.3 Å². The van der Waals surface area contributed by atoms with Gasteiger partial charge in [-0.15, -0.1) is 0 Å². The van der Waals surface area contributed by atoms with Crippen LogP contribution in [-0.4, -0.2) is 24.4 Å². The maximum Gasteiger partial charge on any atom is 0.229 e. The van der Waals surface area contributed by atoms with Gasteiger partial charge >= 0.3 is 0 Å². The summed E-state index contributed by atoms with van der Waals surface area (Å²) in [6, 6.07) is 7.02. The Labute approximate surface area is 117 Å². The molecule has 1 N–H and O–H groups in total. The van der Waals surface area contributed by atoms with Crippen molar-refractivity contribution in [2.75, 3.05) is 11.4 Å². The van der Waals surface area contributed by atoms with Crippen molar-refractivity contribution in [2.24, 2.45) is 5.92 Å². The Kier molecular flexibility index (Phi) is 4.10. The summed E-state index contributed by atoms with van der Waals surface area (Å²) in [5.41, 5.74) is 0.815. The summed E-state index contributed by atoms with van der Waals surface area (Å²) in [5, 5.41) is 3.53. The number of nitrogens with one attached hydrogen (secondary N) is 1. The molecule has 1 fully saturated rings. The molecular weight excluding hydrogens is 264 g/mol. The van der Waals surface area contributed by atoms with E-state index in [0.717, 1.165) is 5.69 Å². The van der Waals surface area contributed by atoms with Gasteiger partial charge in [0.05, 0.1) is 6.04 Å². The number of carbonyl (C=O) groups is 2. The number of hydrogen-bond donors (Lipinski definition) is 1. The van der Waals surface area contributed by atoms with Crippen molar-refractivity contribution >= 4 is 29.1 Å². The third-order valence-electron chi connectivity index (χ3n) is 3.13. The van der Waals surface area contributed by atoms with Gasteiger partial charge < -0.3 is 10.2 Å². The third-order valence-corrected chi connectivity index (χ3v) is 3.39. The van der Waals surface area contributed by atoms with E-state index in [9.17, 15) is 9.59 Å². The molecule has 2 rings (SSSR count). The van der Waals surface area contributed by atoms with Crippen molar-refractivity contribution in [1.29, 1.82) is 0 Å². The van der Waals surface area contributed by atoms with Crippen molar-refractivity contribution in [3.05, 3.63) is 29.3 Å². The highest BCUT2D eigenvalue weighted by Gasteiger charge is 2.31. The zero-order valence-corrected chi connectivity index (χ0v) is 11.8. The fraction of sp³-hybridized carbons (Fsp3) is 0.429. The first-order valence-electron chi connectivity index (χ1n) is 6.33. The predicted octanol–water partition coefficient (Wildman–Crippen LogP) is 2.22. The van der Waals surface area contributed by atoms with Crippen LogP contribution < -0.4 is 10.2 Å². The molecule has 0 radical (unpaired) electrons. The van der Waals surface area contributed by atoms with Crippen LogP contribution in [0.5, 0.6) is 0 Å². The van der Waals surface area contributed by atoms with Gasteiger partial charge in [-0.3, -0.25) is 9.59 Å². The van der Waals surface area contributed by atoms with Gasteiger partial charge in [-0.2, -0.15) is 0 Å². The Balaban J connectivity index is 2.03. The summed E-state index contributed by atoms with van der Waals surface area (Å²) < 4.78 is 0. The van der Waals surface area contributed by atoms with Crippen LogP contribution >= 0.6 is 11.6 Å². The fourth-order valence-electron chi connectivity index (χ4n) is 2.04. The smallest absolute Gasteiger partial charge is 0.229 e. The monoisotopic (exact) mass is 280 g/mol. The van der Waals surface area contributed by atoms with E-state index < -0.39 is 0 Å². The molecule has 0 aliphatic carbocycles. The van der Waals surface area contributed by atoms with Gasteiger partial charge in [0.2, 0.25) is 11.8 Å². The van der Waals surface area contributed by atoms with Crippen molar-refractivity contribution in [3.63, 3.8) is 0 Å². The molecule has 1 aromatic rings. The molecule has 4 nitrogen and oxygen atoms in total. The molecule has 1 aromatic carbocycles. The minimum Gasteiger partial charge on any atom is -0.351 e. The van der Waals surface area contributed by atoms with Crippen LogP contribution in [0.4, 0.5) is 5.69 Å². The van der Waals surface area contributed by atoms with Crippen molar-refractivity contribution in [1.82, 2.24) is 5.32 Å². The maximum absolute atomic E-state index is 12.0. The Morgan fingerprint density at radius 3 is 2.58 bits per heavy atom. The Bertz CT molecular complexity index is 485. The second-order valence-corrected chi connectivity index (χ2v) is 5.48. The first-order chi connectivity index (χ1) is 8.97. The van der Waals surface area contributed by atoms with Crippen LogP contribution in [0.25, 0.3) is 0 Å². The molecule has 5 heteroatoms. The fourth-order valence-corrected chi connectivity index (χ4v) is 2.17. The SMILES string of the molecule is CC(C)C(=O)N[C@H]1CC(=O)N(c2ccc(Cl)cc2)C1. The van der Waals surface area contributed by atoms with E-state index in [4.69, 9.17) is 11.6 Å². The van der Waals surface area contributed by atoms with Gasteiger partial charge in [0.1, 0.15) is 0 Å². The second kappa shape index (κ2) is 5.61. The number of rotatable bonds is 3. The lowest BCUT2D eigenvalue weighted by Gasteiger charge is -2.18. The molecule has 19 heavy (non-hydrogen) atoms. The number of nitrogens with zero attached hydrogens (tertiary/aromatic N) is 1. The lowest BCUT2D eigenvalue weighted by Crippen LogP contribution is -2.39. The summed E-state index contributed by atoms with van der Waals surface area (Å²) in [5.74, 6) is -0.0631. The lowest BCUT2D eigenvalue weighted by molar-refractivity contribution is -0.124. The van der Waals surface area contributed by atoms with E-state index >= 15 is 0 Å². The molecule has 0 spiro atoms. The lowest BCUT2D eigenvalue weighted by atomic mass is 10.2. The van der Waals surface area contributed by atoms with Crippen LogP contribution in [0.1, 0.15) is 20.3 Å². The van der Waals surface area contributed by atoms with E-state index in [1.54, 1.807) is 17.0 Å². The zero-order chi connectivity index (χ0) is 14.0. The summed E-state index contributed by atoms with van der Waals surface area (Å²) in [6.07, 6.45) is 0.348. The van der Waals surface area contributed by atoms with E-state index in [-0.39, 0.29) is 23.8 Å². The first kappa shape index (κ1) is 13.9. The molecule has 1 saturated heterocycles. The van der Waals surface area contributed by atoms with Gasteiger partial charge in [0.25, 0.3) is 0 Å². The van der Waals surface area contributed by atoms with Crippen LogP contribution in [0.3, 0.4) is 0 Å². The number of halogens is 1. The molecule has 1 atom stereocenters. The highest BCUT2D eigenvalue weighted by Crippen LogP contribution is 2.23. The third kappa shape index (κ3) is 3.26.